The number of rotatable bonds is 2. The number of alkyl halides is 2. The van der Waals surface area contributed by atoms with E-state index in [1.165, 1.54) is 21.1 Å². The molecular formula is C9H16F2O3. The summed E-state index contributed by atoms with van der Waals surface area (Å²) in [6.07, 6.45) is -0.980. The van der Waals surface area contributed by atoms with Gasteiger partial charge in [0, 0.05) is 33.5 Å². The molecule has 1 rings (SSSR count). The van der Waals surface area contributed by atoms with Gasteiger partial charge in [0.05, 0.1) is 0 Å². The van der Waals surface area contributed by atoms with Crippen LogP contribution in [0.3, 0.4) is 0 Å². The zero-order valence-corrected chi connectivity index (χ0v) is 8.64. The topological polar surface area (TPSA) is 38.7 Å². The first kappa shape index (κ1) is 11.8. The van der Waals surface area contributed by atoms with E-state index in [0.29, 0.717) is 0 Å². The second-order valence-corrected chi connectivity index (χ2v) is 3.97. The highest BCUT2D eigenvalue weighted by Gasteiger charge is 2.58. The molecule has 0 aromatic carbocycles. The molecule has 0 aromatic rings. The lowest BCUT2D eigenvalue weighted by Crippen LogP contribution is -2.60. The van der Waals surface area contributed by atoms with Crippen LogP contribution in [0.15, 0.2) is 0 Å². The molecule has 0 bridgehead atoms. The number of methoxy groups -OCH3 is 2. The first-order valence-corrected chi connectivity index (χ1v) is 4.49. The summed E-state index contributed by atoms with van der Waals surface area (Å²) in [4.78, 5) is 0. The standard InChI is InChI=1S/C9H16F2O3/c1-7(12)6-8(10,11)4-5-9(7,13-2)14-3/h12H,4-6H2,1-3H3. The van der Waals surface area contributed by atoms with Gasteiger partial charge in [0.15, 0.2) is 5.79 Å². The third-order valence-corrected chi connectivity index (χ3v) is 2.90. The summed E-state index contributed by atoms with van der Waals surface area (Å²) in [5, 5.41) is 9.89. The third kappa shape index (κ3) is 1.76. The highest BCUT2D eigenvalue weighted by atomic mass is 19.3. The minimum Gasteiger partial charge on any atom is -0.384 e. The molecule has 0 aliphatic heterocycles. The highest BCUT2D eigenvalue weighted by molar-refractivity contribution is 5.00. The first-order chi connectivity index (χ1) is 6.29. The number of aliphatic hydroxyl groups is 1. The van der Waals surface area contributed by atoms with Crippen molar-refractivity contribution in [1.29, 1.82) is 0 Å². The normalized spacial score (nSPS) is 35.6. The molecule has 0 spiro atoms. The Morgan fingerprint density at radius 2 is 1.64 bits per heavy atom. The van der Waals surface area contributed by atoms with Crippen LogP contribution in [0.4, 0.5) is 8.78 Å². The van der Waals surface area contributed by atoms with Crippen LogP contribution in [0.1, 0.15) is 26.2 Å². The Bertz CT molecular complexity index is 212. The summed E-state index contributed by atoms with van der Waals surface area (Å²) in [7, 11) is 2.70. The largest absolute Gasteiger partial charge is 0.384 e. The molecule has 1 aliphatic carbocycles. The fraction of sp³-hybridized carbons (Fsp3) is 1.00. The Labute approximate surface area is 82.0 Å². The summed E-state index contributed by atoms with van der Waals surface area (Å²) in [5.41, 5.74) is -1.67. The van der Waals surface area contributed by atoms with E-state index in [1.807, 2.05) is 0 Å². The van der Waals surface area contributed by atoms with Crippen molar-refractivity contribution in [2.75, 3.05) is 14.2 Å². The van der Waals surface area contributed by atoms with Crippen LogP contribution in [0.25, 0.3) is 0 Å². The van der Waals surface area contributed by atoms with Gasteiger partial charge in [-0.1, -0.05) is 0 Å². The summed E-state index contributed by atoms with van der Waals surface area (Å²) in [6.45, 7) is 1.31. The van der Waals surface area contributed by atoms with Crippen LogP contribution >= 0.6 is 0 Å². The van der Waals surface area contributed by atoms with E-state index < -0.39 is 23.7 Å². The van der Waals surface area contributed by atoms with Crippen LogP contribution < -0.4 is 0 Å². The molecule has 1 N–H and O–H groups in total. The van der Waals surface area contributed by atoms with E-state index in [1.54, 1.807) is 0 Å². The van der Waals surface area contributed by atoms with Gasteiger partial charge >= 0.3 is 0 Å². The molecule has 84 valence electrons. The molecule has 0 heterocycles. The van der Waals surface area contributed by atoms with Crippen molar-refractivity contribution in [1.82, 2.24) is 0 Å². The van der Waals surface area contributed by atoms with Crippen molar-refractivity contribution < 1.29 is 23.4 Å². The molecule has 5 heteroatoms. The van der Waals surface area contributed by atoms with E-state index >= 15 is 0 Å². The number of hydrogen-bond acceptors (Lipinski definition) is 3. The number of ether oxygens (including phenoxy) is 2. The van der Waals surface area contributed by atoms with Gasteiger partial charge in [-0.3, -0.25) is 0 Å². The molecule has 1 aliphatic rings. The van der Waals surface area contributed by atoms with Gasteiger partial charge in [-0.05, 0) is 6.92 Å². The molecule has 1 atom stereocenters. The smallest absolute Gasteiger partial charge is 0.251 e. The summed E-state index contributed by atoms with van der Waals surface area (Å²) in [5.74, 6) is -4.15. The van der Waals surface area contributed by atoms with E-state index in [9.17, 15) is 13.9 Å². The molecule has 0 amide bonds. The van der Waals surface area contributed by atoms with Crippen molar-refractivity contribution in [3.8, 4) is 0 Å². The van der Waals surface area contributed by atoms with Gasteiger partial charge in [0.1, 0.15) is 5.60 Å². The predicted octanol–water partition coefficient (Wildman–Crippen LogP) is 1.55. The maximum absolute atomic E-state index is 13.0. The molecule has 1 unspecified atom stereocenters. The van der Waals surface area contributed by atoms with Gasteiger partial charge in [0.25, 0.3) is 5.92 Å². The summed E-state index contributed by atoms with van der Waals surface area (Å²) in [6, 6.07) is 0. The summed E-state index contributed by atoms with van der Waals surface area (Å²) >= 11 is 0. The van der Waals surface area contributed by atoms with Crippen LogP contribution in [0, 0.1) is 0 Å². The van der Waals surface area contributed by atoms with E-state index in [0.717, 1.165) is 0 Å². The van der Waals surface area contributed by atoms with Crippen LogP contribution in [0.2, 0.25) is 0 Å². The van der Waals surface area contributed by atoms with Crippen molar-refractivity contribution in [3.05, 3.63) is 0 Å². The van der Waals surface area contributed by atoms with E-state index in [2.05, 4.69) is 0 Å². The minimum absolute atomic E-state index is 0.0139. The second kappa shape index (κ2) is 3.40. The average Bonchev–Trinajstić information content (AvgIpc) is 2.03. The number of hydrogen-bond donors (Lipinski definition) is 1. The lowest BCUT2D eigenvalue weighted by molar-refractivity contribution is -0.333. The van der Waals surface area contributed by atoms with Crippen molar-refractivity contribution in [2.45, 2.75) is 43.5 Å². The summed E-state index contributed by atoms with van der Waals surface area (Å²) < 4.78 is 36.2. The maximum Gasteiger partial charge on any atom is 0.251 e. The third-order valence-electron chi connectivity index (χ3n) is 2.90. The van der Waals surface area contributed by atoms with E-state index in [-0.39, 0.29) is 12.8 Å². The zero-order chi connectivity index (χ0) is 11.0. The van der Waals surface area contributed by atoms with Gasteiger partial charge in [0.2, 0.25) is 0 Å². The Morgan fingerprint density at radius 1 is 1.14 bits per heavy atom. The molecule has 14 heavy (non-hydrogen) atoms. The quantitative estimate of drug-likeness (QED) is 0.703. The monoisotopic (exact) mass is 210 g/mol. The van der Waals surface area contributed by atoms with Crippen molar-refractivity contribution >= 4 is 0 Å². The van der Waals surface area contributed by atoms with Gasteiger partial charge in [-0.15, -0.1) is 0 Å². The highest BCUT2D eigenvalue weighted by Crippen LogP contribution is 2.46. The Morgan fingerprint density at radius 3 is 2.00 bits per heavy atom. The fourth-order valence-electron chi connectivity index (χ4n) is 2.07. The average molecular weight is 210 g/mol. The SMILES string of the molecule is COC1(OC)CCC(F)(F)CC1(C)O. The molecule has 3 nitrogen and oxygen atoms in total. The van der Waals surface area contributed by atoms with Crippen molar-refractivity contribution in [3.63, 3.8) is 0 Å². The Hall–Kier alpha value is -0.260. The van der Waals surface area contributed by atoms with Crippen LogP contribution in [-0.2, 0) is 9.47 Å². The second-order valence-electron chi connectivity index (χ2n) is 3.97. The maximum atomic E-state index is 13.0. The Kier molecular flexibility index (Phi) is 2.87. The van der Waals surface area contributed by atoms with E-state index in [4.69, 9.17) is 9.47 Å². The van der Waals surface area contributed by atoms with Crippen LogP contribution in [0.5, 0.6) is 0 Å². The Balaban J connectivity index is 2.92. The molecular weight excluding hydrogens is 194 g/mol. The lowest BCUT2D eigenvalue weighted by Gasteiger charge is -2.48. The molecule has 1 fully saturated rings. The molecule has 1 saturated carbocycles. The molecule has 0 radical (unpaired) electrons. The molecule has 0 aromatic heterocycles. The zero-order valence-electron chi connectivity index (χ0n) is 8.64. The first-order valence-electron chi connectivity index (χ1n) is 4.49. The predicted molar refractivity (Wildman–Crippen MR) is 46.2 cm³/mol. The fourth-order valence-corrected chi connectivity index (χ4v) is 2.07. The van der Waals surface area contributed by atoms with Gasteiger partial charge < -0.3 is 14.6 Å². The van der Waals surface area contributed by atoms with Gasteiger partial charge in [-0.25, -0.2) is 8.78 Å². The minimum atomic E-state index is -2.84. The number of halogens is 2. The van der Waals surface area contributed by atoms with Crippen molar-refractivity contribution in [2.24, 2.45) is 0 Å². The van der Waals surface area contributed by atoms with Crippen LogP contribution in [-0.4, -0.2) is 36.6 Å². The molecule has 0 saturated heterocycles. The lowest BCUT2D eigenvalue weighted by atomic mass is 9.78. The van der Waals surface area contributed by atoms with Gasteiger partial charge in [-0.2, -0.15) is 0 Å².